The molecule has 5 nitrogen and oxygen atoms in total. The Bertz CT molecular complexity index is 1140. The zero-order chi connectivity index (χ0) is 21.0. The molecule has 2 aromatic carbocycles. The lowest BCUT2D eigenvalue weighted by molar-refractivity contribution is 0.0694. The highest BCUT2D eigenvalue weighted by Crippen LogP contribution is 2.51. The van der Waals surface area contributed by atoms with E-state index in [-0.39, 0.29) is 11.8 Å². The molecule has 2 unspecified atom stereocenters. The molecule has 0 spiro atoms. The molecule has 1 heterocycles. The Labute approximate surface area is 170 Å². The summed E-state index contributed by atoms with van der Waals surface area (Å²) in [6.45, 7) is 7.69. The van der Waals surface area contributed by atoms with Crippen LogP contribution in [0, 0.1) is 32.1 Å². The largest absolute Gasteiger partial charge is 0.478 e. The van der Waals surface area contributed by atoms with Crippen LogP contribution < -0.4 is 10.5 Å². The molecule has 0 radical (unpaired) electrons. The molecule has 2 atom stereocenters. The number of benzene rings is 2. The number of ether oxygens (including phenoxy) is 1. The van der Waals surface area contributed by atoms with Crippen molar-refractivity contribution >= 4 is 17.4 Å². The molecule has 2 aliphatic rings. The minimum atomic E-state index is -0.946. The Kier molecular flexibility index (Phi) is 4.34. The number of nitrogens with two attached hydrogens (primary N) is 1. The van der Waals surface area contributed by atoms with Crippen LogP contribution in [-0.4, -0.2) is 16.8 Å². The predicted molar refractivity (Wildman–Crippen MR) is 114 cm³/mol. The van der Waals surface area contributed by atoms with Crippen molar-refractivity contribution in [3.05, 3.63) is 81.1 Å². The molecule has 5 heteroatoms. The minimum absolute atomic E-state index is 0.181. The number of allylic oxidation sites excluding steroid dienone is 3. The number of carbonyl (C=O) groups is 1. The highest BCUT2D eigenvalue weighted by molar-refractivity contribution is 6.07. The van der Waals surface area contributed by atoms with E-state index in [0.29, 0.717) is 28.5 Å². The second kappa shape index (κ2) is 6.62. The van der Waals surface area contributed by atoms with Crippen molar-refractivity contribution in [1.82, 2.24) is 0 Å². The van der Waals surface area contributed by atoms with Gasteiger partial charge in [0.25, 0.3) is 0 Å². The first-order chi connectivity index (χ1) is 13.7. The van der Waals surface area contributed by atoms with Crippen LogP contribution >= 0.6 is 0 Å². The SMILES string of the molecule is CC1=C2Oc3c(ccc(N)c3C)C(c3cc(C)c(C)cc3C(=O)O)C2C=CC1=N. The molecular formula is C24H24N2O3. The lowest BCUT2D eigenvalue weighted by Gasteiger charge is -2.38. The summed E-state index contributed by atoms with van der Waals surface area (Å²) in [5.74, 6) is -0.00722. The molecule has 29 heavy (non-hydrogen) atoms. The number of aromatic carboxylic acids is 1. The van der Waals surface area contributed by atoms with Gasteiger partial charge >= 0.3 is 5.97 Å². The zero-order valence-electron chi connectivity index (χ0n) is 17.0. The monoisotopic (exact) mass is 388 g/mol. The van der Waals surface area contributed by atoms with Crippen LogP contribution in [0.2, 0.25) is 0 Å². The molecular weight excluding hydrogens is 364 g/mol. The molecule has 0 saturated carbocycles. The van der Waals surface area contributed by atoms with E-state index in [9.17, 15) is 9.90 Å². The molecule has 0 bridgehead atoms. The van der Waals surface area contributed by atoms with Crippen LogP contribution in [0.5, 0.6) is 5.75 Å². The third-order valence-corrected chi connectivity index (χ3v) is 6.16. The molecule has 148 valence electrons. The number of hydrogen-bond donors (Lipinski definition) is 3. The first-order valence-corrected chi connectivity index (χ1v) is 9.59. The summed E-state index contributed by atoms with van der Waals surface area (Å²) in [6.07, 6.45) is 3.72. The Morgan fingerprint density at radius 2 is 1.79 bits per heavy atom. The van der Waals surface area contributed by atoms with Gasteiger partial charge in [0.1, 0.15) is 11.5 Å². The fourth-order valence-corrected chi connectivity index (χ4v) is 4.26. The van der Waals surface area contributed by atoms with Gasteiger partial charge in [-0.2, -0.15) is 0 Å². The Morgan fingerprint density at radius 1 is 1.10 bits per heavy atom. The van der Waals surface area contributed by atoms with Gasteiger partial charge in [-0.1, -0.05) is 18.2 Å². The van der Waals surface area contributed by atoms with E-state index in [2.05, 4.69) is 0 Å². The van der Waals surface area contributed by atoms with Crippen molar-refractivity contribution in [3.63, 3.8) is 0 Å². The number of aryl methyl sites for hydroxylation is 2. The Morgan fingerprint density at radius 3 is 2.48 bits per heavy atom. The number of carboxylic acid groups (broad SMARTS) is 1. The standard InChI is InChI=1S/C24H24N2O3/c1-11-9-17(18(24(27)28)10-12(11)2)21-15-5-7-19(25)13(3)22(15)29-23-14(4)20(26)8-6-16(21)23/h5-10,15,21,25H,26H2,1-4H3,(H,27,28). The lowest BCUT2D eigenvalue weighted by atomic mass is 9.72. The summed E-state index contributed by atoms with van der Waals surface area (Å²) in [5.41, 5.74) is 12.7. The van der Waals surface area contributed by atoms with Gasteiger partial charge in [-0.3, -0.25) is 0 Å². The van der Waals surface area contributed by atoms with Gasteiger partial charge in [-0.05, 0) is 62.6 Å². The number of carboxylic acids is 1. The van der Waals surface area contributed by atoms with Gasteiger partial charge in [-0.15, -0.1) is 0 Å². The van der Waals surface area contributed by atoms with Gasteiger partial charge in [-0.25, -0.2) is 4.79 Å². The molecule has 0 amide bonds. The number of hydrogen-bond acceptors (Lipinski definition) is 4. The molecule has 0 saturated heterocycles. The van der Waals surface area contributed by atoms with E-state index in [4.69, 9.17) is 15.9 Å². The third-order valence-electron chi connectivity index (χ3n) is 6.16. The fraction of sp³-hybridized carbons (Fsp3) is 0.250. The number of nitrogen functional groups attached to an aromatic ring is 1. The summed E-state index contributed by atoms with van der Waals surface area (Å²) in [7, 11) is 0. The maximum atomic E-state index is 12.1. The minimum Gasteiger partial charge on any atom is -0.478 e. The molecule has 1 aliphatic heterocycles. The average molecular weight is 388 g/mol. The first-order valence-electron chi connectivity index (χ1n) is 9.59. The summed E-state index contributed by atoms with van der Waals surface area (Å²) in [4.78, 5) is 12.1. The zero-order valence-corrected chi connectivity index (χ0v) is 17.0. The van der Waals surface area contributed by atoms with Crippen molar-refractivity contribution in [2.75, 3.05) is 5.73 Å². The second-order valence-corrected chi connectivity index (χ2v) is 7.89. The van der Waals surface area contributed by atoms with Gasteiger partial charge in [0.15, 0.2) is 0 Å². The van der Waals surface area contributed by atoms with Crippen molar-refractivity contribution in [2.24, 2.45) is 5.92 Å². The van der Waals surface area contributed by atoms with E-state index >= 15 is 0 Å². The van der Waals surface area contributed by atoms with Crippen LogP contribution in [0.25, 0.3) is 0 Å². The van der Waals surface area contributed by atoms with Gasteiger partial charge in [0.05, 0.1) is 11.3 Å². The first kappa shape index (κ1) is 19.0. The van der Waals surface area contributed by atoms with Crippen LogP contribution in [-0.2, 0) is 0 Å². The maximum Gasteiger partial charge on any atom is 0.335 e. The molecule has 0 fully saturated rings. The number of fused-ring (bicyclic) bond motifs is 2. The summed E-state index contributed by atoms with van der Waals surface area (Å²) < 4.78 is 6.30. The van der Waals surface area contributed by atoms with E-state index < -0.39 is 5.97 Å². The van der Waals surface area contributed by atoms with Gasteiger partial charge in [0.2, 0.25) is 0 Å². The van der Waals surface area contributed by atoms with E-state index in [1.807, 2.05) is 52.0 Å². The average Bonchev–Trinajstić information content (AvgIpc) is 2.68. The Balaban J connectivity index is 2.06. The lowest BCUT2D eigenvalue weighted by Crippen LogP contribution is -2.30. The van der Waals surface area contributed by atoms with Crippen LogP contribution in [0.4, 0.5) is 5.69 Å². The highest BCUT2D eigenvalue weighted by atomic mass is 16.5. The molecule has 0 aromatic heterocycles. The second-order valence-electron chi connectivity index (χ2n) is 7.89. The molecule has 4 N–H and O–H groups in total. The normalized spacial score (nSPS) is 20.2. The summed E-state index contributed by atoms with van der Waals surface area (Å²) >= 11 is 0. The number of anilines is 1. The topological polar surface area (TPSA) is 96.4 Å². The number of nitrogens with one attached hydrogen (secondary N) is 1. The van der Waals surface area contributed by atoms with Crippen LogP contribution in [0.15, 0.2) is 47.7 Å². The third kappa shape index (κ3) is 2.85. The summed E-state index contributed by atoms with van der Waals surface area (Å²) in [5, 5.41) is 18.1. The van der Waals surface area contributed by atoms with Crippen LogP contribution in [0.3, 0.4) is 0 Å². The smallest absolute Gasteiger partial charge is 0.335 e. The number of rotatable bonds is 2. The van der Waals surface area contributed by atoms with E-state index in [1.165, 1.54) is 0 Å². The molecule has 2 aromatic rings. The maximum absolute atomic E-state index is 12.1. The van der Waals surface area contributed by atoms with Gasteiger partial charge in [0, 0.05) is 34.2 Å². The summed E-state index contributed by atoms with van der Waals surface area (Å²) in [6, 6.07) is 7.51. The predicted octanol–water partition coefficient (Wildman–Crippen LogP) is 4.90. The van der Waals surface area contributed by atoms with Crippen molar-refractivity contribution in [2.45, 2.75) is 33.6 Å². The quantitative estimate of drug-likeness (QED) is 0.638. The molecule has 4 rings (SSSR count). The fourth-order valence-electron chi connectivity index (χ4n) is 4.26. The van der Waals surface area contributed by atoms with Gasteiger partial charge < -0.3 is 21.0 Å². The van der Waals surface area contributed by atoms with Crippen molar-refractivity contribution in [3.8, 4) is 5.75 Å². The highest BCUT2D eigenvalue weighted by Gasteiger charge is 2.40. The van der Waals surface area contributed by atoms with Crippen molar-refractivity contribution in [1.29, 1.82) is 5.41 Å². The van der Waals surface area contributed by atoms with Crippen LogP contribution in [0.1, 0.15) is 51.0 Å². The van der Waals surface area contributed by atoms with E-state index in [1.54, 1.807) is 12.1 Å². The molecule has 1 aliphatic carbocycles. The van der Waals surface area contributed by atoms with Crippen molar-refractivity contribution < 1.29 is 14.6 Å². The Hall–Kier alpha value is -3.34. The van der Waals surface area contributed by atoms with E-state index in [0.717, 1.165) is 33.4 Å².